The molecule has 0 spiro atoms. The first-order valence-electron chi connectivity index (χ1n) is 20.2. The van der Waals surface area contributed by atoms with Gasteiger partial charge in [0.25, 0.3) is 0 Å². The number of hydrogen-bond donors (Lipinski definition) is 6. The Morgan fingerprint density at radius 3 is 2.71 bits per heavy atom. The van der Waals surface area contributed by atoms with Crippen molar-refractivity contribution in [3.63, 3.8) is 0 Å². The lowest BCUT2D eigenvalue weighted by molar-refractivity contribution is -0.121. The van der Waals surface area contributed by atoms with Gasteiger partial charge in [-0.2, -0.15) is 23.5 Å². The molecule has 6 heterocycles. The molecule has 0 aliphatic carbocycles. The van der Waals surface area contributed by atoms with Gasteiger partial charge in [0.2, 0.25) is 5.91 Å². The molecule has 58 heavy (non-hydrogen) atoms. The van der Waals surface area contributed by atoms with Crippen molar-refractivity contribution in [1.82, 2.24) is 50.5 Å². The van der Waals surface area contributed by atoms with Crippen LogP contribution in [0.2, 0.25) is 0 Å². The average molecular weight is 848 g/mol. The van der Waals surface area contributed by atoms with E-state index in [1.807, 2.05) is 24.2 Å². The summed E-state index contributed by atoms with van der Waals surface area (Å²) in [5.74, 6) is 2.31. The predicted octanol–water partition coefficient (Wildman–Crippen LogP) is 1.45. The molecule has 6 rings (SSSR count). The summed E-state index contributed by atoms with van der Waals surface area (Å²) in [4.78, 5) is 49.3. The molecule has 3 aliphatic heterocycles. The second-order valence-electron chi connectivity index (χ2n) is 14.7. The molecule has 0 radical (unpaired) electrons. The van der Waals surface area contributed by atoms with Crippen LogP contribution in [-0.2, 0) is 36.8 Å². The van der Waals surface area contributed by atoms with Crippen LogP contribution >= 0.6 is 23.5 Å². The molecule has 3 fully saturated rings. The molecule has 0 saturated carbocycles. The van der Waals surface area contributed by atoms with Crippen molar-refractivity contribution in [2.75, 3.05) is 62.6 Å². The van der Waals surface area contributed by atoms with E-state index in [2.05, 4.69) is 46.5 Å². The fourth-order valence-corrected chi connectivity index (χ4v) is 9.47. The number of nitrogens with one attached hydrogen (secondary N) is 4. The third-order valence-corrected chi connectivity index (χ3v) is 12.6. The van der Waals surface area contributed by atoms with E-state index in [1.54, 1.807) is 15.6 Å². The zero-order valence-corrected chi connectivity index (χ0v) is 34.6. The second-order valence-corrected chi connectivity index (χ2v) is 16.9. The summed E-state index contributed by atoms with van der Waals surface area (Å²) >= 11 is 3.43. The first-order chi connectivity index (χ1) is 28.3. The van der Waals surface area contributed by atoms with Crippen LogP contribution in [0.4, 0.5) is 10.6 Å². The molecule has 3 aliphatic rings. The number of ketones is 1. The lowest BCUT2D eigenvalue weighted by Crippen LogP contribution is -2.36. The average Bonchev–Trinajstić information content (AvgIpc) is 4.05. The fraction of sp³-hybridized carbons (Fsp3) is 0.730. The van der Waals surface area contributed by atoms with Gasteiger partial charge in [-0.1, -0.05) is 18.1 Å². The number of carbonyl (C=O) groups is 3. The van der Waals surface area contributed by atoms with Crippen LogP contribution < -0.4 is 21.3 Å². The number of rotatable bonds is 27. The standard InChI is InChI=1S/C37H57N11O8S2/c1-57-21-27-32(51)33(52)36(56-27)48-23-42-31-34(40-22-41-35(31)48)39-12-6-2-3-7-25(49)11-10-24-19-47(46-45-24)14-16-55-18-17-54-15-13-38-29(50)9-5-4-8-28-30-26(20-58-28)43-37(53)44-30/h19,22-23,26-28,30,32-33,36,51-52H,2-18,20-21H2,1H3,(H,38,50)(H,39,40,41)(H2,43,44,53)/t26-,27+,28-,30-,32+,33+,36+/m0/s1. The molecule has 320 valence electrons. The van der Waals surface area contributed by atoms with E-state index in [-0.39, 0.29) is 29.8 Å². The van der Waals surface area contributed by atoms with E-state index < -0.39 is 24.5 Å². The SMILES string of the molecule is CSC[C@H]1O[C@@H](n2cnc3c(NCCCCCC(=O)CCc4cn(CCOCCOCCNC(=O)CCCC[C@@H]5SC[C@@H]6NC(=O)N[C@@H]65)nn4)ncnc32)[C@H](O)[C@@H]1O. The summed E-state index contributed by atoms with van der Waals surface area (Å²) in [6, 6.07) is 0.372. The highest BCUT2D eigenvalue weighted by atomic mass is 32.2. The molecule has 0 unspecified atom stereocenters. The minimum atomic E-state index is -1.10. The largest absolute Gasteiger partial charge is 0.387 e. The van der Waals surface area contributed by atoms with Gasteiger partial charge < -0.3 is 45.7 Å². The molecule has 0 bridgehead atoms. The summed E-state index contributed by atoms with van der Waals surface area (Å²) in [6.45, 7) is 3.38. The first-order valence-corrected chi connectivity index (χ1v) is 22.7. The van der Waals surface area contributed by atoms with Gasteiger partial charge in [-0.25, -0.2) is 24.4 Å². The van der Waals surface area contributed by atoms with Gasteiger partial charge in [0.15, 0.2) is 23.2 Å². The monoisotopic (exact) mass is 847 g/mol. The van der Waals surface area contributed by atoms with Crippen LogP contribution in [0.5, 0.6) is 0 Å². The number of imidazole rings is 1. The molecular formula is C37H57N11O8S2. The quantitative estimate of drug-likeness (QED) is 0.0470. The molecule has 6 N–H and O–H groups in total. The van der Waals surface area contributed by atoms with Gasteiger partial charge in [-0.15, -0.1) is 5.10 Å². The normalized spacial score (nSPS) is 23.9. The number of unbranched alkanes of at least 4 members (excludes halogenated alkanes) is 3. The number of thioether (sulfide) groups is 2. The van der Waals surface area contributed by atoms with Gasteiger partial charge >= 0.3 is 6.03 Å². The number of Topliss-reactive ketones (excluding diaryl/α,β-unsaturated/α-hetero) is 1. The number of nitrogens with zero attached hydrogens (tertiary/aromatic N) is 7. The lowest BCUT2D eigenvalue weighted by atomic mass is 10.0. The predicted molar refractivity (Wildman–Crippen MR) is 219 cm³/mol. The van der Waals surface area contributed by atoms with Gasteiger partial charge in [-0.3, -0.25) is 14.2 Å². The number of hydrogen-bond acceptors (Lipinski definition) is 16. The number of urea groups is 1. The topological polar surface area (TPSA) is 242 Å². The van der Waals surface area contributed by atoms with Crippen LogP contribution in [0, 0.1) is 0 Å². The summed E-state index contributed by atoms with van der Waals surface area (Å²) in [6.07, 6.45) is 10.6. The van der Waals surface area contributed by atoms with Crippen LogP contribution in [0.25, 0.3) is 11.2 Å². The zero-order chi connectivity index (χ0) is 40.7. The van der Waals surface area contributed by atoms with Gasteiger partial charge in [0.05, 0.1) is 63.2 Å². The van der Waals surface area contributed by atoms with Crippen molar-refractivity contribution < 1.29 is 38.8 Å². The summed E-state index contributed by atoms with van der Waals surface area (Å²) in [5, 5.41) is 41.9. The van der Waals surface area contributed by atoms with E-state index in [0.29, 0.717) is 99.7 Å². The minimum absolute atomic E-state index is 0.0275. The maximum Gasteiger partial charge on any atom is 0.315 e. The molecule has 3 aromatic rings. The lowest BCUT2D eigenvalue weighted by Gasteiger charge is -2.16. The van der Waals surface area contributed by atoms with E-state index in [1.165, 1.54) is 18.1 Å². The molecule has 21 heteroatoms. The Morgan fingerprint density at radius 1 is 1.00 bits per heavy atom. The number of aryl methyl sites for hydroxylation is 1. The fourth-order valence-electron chi connectivity index (χ4n) is 7.32. The van der Waals surface area contributed by atoms with Gasteiger partial charge in [0.1, 0.15) is 24.3 Å². The van der Waals surface area contributed by atoms with Crippen molar-refractivity contribution in [2.24, 2.45) is 0 Å². The van der Waals surface area contributed by atoms with Crippen LogP contribution in [0.15, 0.2) is 18.9 Å². The highest BCUT2D eigenvalue weighted by Crippen LogP contribution is 2.34. The van der Waals surface area contributed by atoms with E-state index in [4.69, 9.17) is 14.2 Å². The van der Waals surface area contributed by atoms with Crippen LogP contribution in [-0.4, -0.2) is 155 Å². The minimum Gasteiger partial charge on any atom is -0.387 e. The highest BCUT2D eigenvalue weighted by Gasteiger charge is 2.44. The van der Waals surface area contributed by atoms with Crippen molar-refractivity contribution in [3.8, 4) is 0 Å². The third-order valence-electron chi connectivity index (χ3n) is 10.5. The summed E-state index contributed by atoms with van der Waals surface area (Å²) in [7, 11) is 0. The second kappa shape index (κ2) is 22.7. The summed E-state index contributed by atoms with van der Waals surface area (Å²) < 4.78 is 20.5. The molecule has 3 amide bonds. The number of fused-ring (bicyclic) bond motifs is 2. The van der Waals surface area contributed by atoms with Crippen LogP contribution in [0.1, 0.15) is 69.7 Å². The number of amides is 3. The number of aromatic nitrogens is 7. The van der Waals surface area contributed by atoms with Gasteiger partial charge in [0, 0.05) is 55.3 Å². The number of anilines is 1. The molecule has 19 nitrogen and oxygen atoms in total. The highest BCUT2D eigenvalue weighted by molar-refractivity contribution is 8.00. The Morgan fingerprint density at radius 2 is 1.84 bits per heavy atom. The van der Waals surface area contributed by atoms with E-state index >= 15 is 0 Å². The third kappa shape index (κ3) is 12.5. The summed E-state index contributed by atoms with van der Waals surface area (Å²) in [5.41, 5.74) is 1.83. The van der Waals surface area contributed by atoms with Crippen LogP contribution in [0.3, 0.4) is 0 Å². The number of carbonyl (C=O) groups excluding carboxylic acids is 3. The van der Waals surface area contributed by atoms with Crippen molar-refractivity contribution in [3.05, 3.63) is 24.5 Å². The maximum atomic E-state index is 12.5. The number of ether oxygens (including phenoxy) is 3. The Kier molecular flexibility index (Phi) is 17.2. The zero-order valence-electron chi connectivity index (χ0n) is 33.0. The Bertz CT molecular complexity index is 1770. The Hall–Kier alpha value is -3.60. The Labute approximate surface area is 346 Å². The maximum absolute atomic E-state index is 12.5. The van der Waals surface area contributed by atoms with E-state index in [9.17, 15) is 24.6 Å². The molecular weight excluding hydrogens is 791 g/mol. The first kappa shape index (κ1) is 44.0. The van der Waals surface area contributed by atoms with Crippen molar-refractivity contribution >= 4 is 58.2 Å². The molecule has 3 saturated heterocycles. The number of aliphatic hydroxyl groups is 2. The molecule has 0 aromatic carbocycles. The Balaban J connectivity index is 0.736. The van der Waals surface area contributed by atoms with Crippen molar-refractivity contribution in [1.29, 1.82) is 0 Å². The smallest absolute Gasteiger partial charge is 0.315 e. The molecule has 3 aromatic heterocycles. The van der Waals surface area contributed by atoms with E-state index in [0.717, 1.165) is 50.0 Å². The van der Waals surface area contributed by atoms with Crippen molar-refractivity contribution in [2.45, 2.75) is 113 Å². The van der Waals surface area contributed by atoms with Gasteiger partial charge in [-0.05, 0) is 38.4 Å². The molecule has 7 atom stereocenters. The number of aliphatic hydroxyl groups excluding tert-OH is 2.